The van der Waals surface area contributed by atoms with Crippen LogP contribution in [0.1, 0.15) is 459 Å². The predicted molar refractivity (Wildman–Crippen MR) is 547 cm³/mol. The molecule has 0 aliphatic rings. The van der Waals surface area contributed by atoms with E-state index in [-0.39, 0.29) is 46.9 Å². The fourth-order valence-electron chi connectivity index (χ4n) is 18.3. The third-order valence-corrected chi connectivity index (χ3v) is 29.7. The smallest absolute Gasteiger partial charge is 0.125 e. The maximum Gasteiger partial charge on any atom is 0.125 e. The fraction of sp³-hybridized carbons (Fsp3) is 0.643. The topological polar surface area (TPSA) is 229 Å². The molecule has 0 fully saturated rings. The third kappa shape index (κ3) is 47.6. The number of unbranched alkanes of at least 4 members (excludes halogenated alkanes) is 48. The first kappa shape index (κ1) is 117. The molecule has 0 N–H and O–H groups in total. The molecule has 129 heavy (non-hydrogen) atoms. The molecular formula is C112H172O12PbS4-4. The van der Waals surface area contributed by atoms with E-state index in [4.69, 9.17) is 0 Å². The molecule has 0 unspecified atom stereocenters. The van der Waals surface area contributed by atoms with Gasteiger partial charge in [0.25, 0.3) is 0 Å². The molecule has 12 nitrogen and oxygen atoms in total. The molecule has 724 valence electrons. The Labute approximate surface area is 807 Å². The van der Waals surface area contributed by atoms with Crippen molar-refractivity contribution in [2.24, 2.45) is 0 Å². The molecule has 0 saturated heterocycles. The molecule has 8 rings (SSSR count). The quantitative estimate of drug-likeness (QED) is 0.0197. The SMILES string of the molecule is CCCCCCCCCc1ccc2c(S(=O)(=O)[O-])ccc(CCCCCCCCC)c2c1.CCCCCCCCCc1ccc2c(S(=O)(=O)[O-])ccc(CCCCCCCCC)c2c1.CCCCCCCCCc1ccc2c(S(=O)(=O)[O-])ccc(CCCCCCCCC)c2c1.CCCCCCCCCc1ccc2c(S(=O)(=O)[O-])ccc(CCCCCCCCC)c2c1.[Pb]. The van der Waals surface area contributed by atoms with Gasteiger partial charge in [0.2, 0.25) is 0 Å². The van der Waals surface area contributed by atoms with Gasteiger partial charge in [0.05, 0.1) is 19.6 Å². The molecule has 0 aromatic heterocycles. The third-order valence-electron chi connectivity index (χ3n) is 26.1. The molecule has 17 heteroatoms. The van der Waals surface area contributed by atoms with Gasteiger partial charge in [-0.1, -0.05) is 461 Å². The molecule has 0 amide bonds. The van der Waals surface area contributed by atoms with Crippen molar-refractivity contribution in [2.45, 2.75) is 486 Å². The predicted octanol–water partition coefficient (Wildman–Crippen LogP) is 32.9. The molecule has 0 aliphatic heterocycles. The standard InChI is InChI=1S/4C28H44O3S.Pb/c4*1-3-5-7-9-11-13-15-17-24-19-21-26-27(23-24)25(20-22-28(26)32(29,30)31)18-16-14-12-10-8-6-4-2;/h4*19-23H,3-18H2,1-2H3,(H,29,30,31);/p-4. The van der Waals surface area contributed by atoms with Crippen molar-refractivity contribution in [3.8, 4) is 0 Å². The van der Waals surface area contributed by atoms with Crippen LogP contribution in [0.4, 0.5) is 0 Å². The number of fused-ring (bicyclic) bond motifs is 4. The van der Waals surface area contributed by atoms with Gasteiger partial charge < -0.3 is 18.2 Å². The van der Waals surface area contributed by atoms with Gasteiger partial charge in [0, 0.05) is 27.3 Å². The normalized spacial score (nSPS) is 11.9. The molecule has 0 spiro atoms. The zero-order valence-electron chi connectivity index (χ0n) is 81.8. The second-order valence-electron chi connectivity index (χ2n) is 37.2. The number of hydrogen-bond donors (Lipinski definition) is 0. The Bertz CT molecular complexity index is 4220. The number of benzene rings is 8. The molecule has 8 aromatic carbocycles. The van der Waals surface area contributed by atoms with E-state index in [0.29, 0.717) is 21.5 Å². The Morgan fingerprint density at radius 2 is 0.295 bits per heavy atom. The average Bonchev–Trinajstić information content (AvgIpc) is 0.794. The van der Waals surface area contributed by atoms with E-state index >= 15 is 0 Å². The van der Waals surface area contributed by atoms with Gasteiger partial charge in [-0.2, -0.15) is 0 Å². The van der Waals surface area contributed by atoms with Crippen LogP contribution < -0.4 is 0 Å². The van der Waals surface area contributed by atoms with Gasteiger partial charge >= 0.3 is 0 Å². The van der Waals surface area contributed by atoms with Gasteiger partial charge in [-0.15, -0.1) is 0 Å². The van der Waals surface area contributed by atoms with Crippen LogP contribution in [-0.4, -0.2) is 79.2 Å². The zero-order valence-corrected chi connectivity index (χ0v) is 89.0. The first-order valence-corrected chi connectivity index (χ1v) is 57.5. The molecular weight excluding hydrogens is 1870 g/mol. The van der Waals surface area contributed by atoms with Crippen molar-refractivity contribution in [2.75, 3.05) is 0 Å². The molecule has 8 aromatic rings. The van der Waals surface area contributed by atoms with Gasteiger partial charge in [-0.25, -0.2) is 33.7 Å². The van der Waals surface area contributed by atoms with Crippen LogP contribution >= 0.6 is 0 Å². The van der Waals surface area contributed by atoms with Gasteiger partial charge in [0.1, 0.15) is 40.5 Å². The van der Waals surface area contributed by atoms with Gasteiger partial charge in [-0.3, -0.25) is 0 Å². The number of rotatable bonds is 68. The second kappa shape index (κ2) is 69.2. The first-order chi connectivity index (χ1) is 61.9. The molecule has 0 saturated carbocycles. The maximum absolute atomic E-state index is 11.8. The minimum Gasteiger partial charge on any atom is -0.744 e. The van der Waals surface area contributed by atoms with Crippen LogP contribution in [0.2, 0.25) is 0 Å². The van der Waals surface area contributed by atoms with Crippen molar-refractivity contribution >= 4 is 111 Å². The molecule has 4 radical (unpaired) electrons. The largest absolute Gasteiger partial charge is 0.744 e. The van der Waals surface area contributed by atoms with Crippen LogP contribution in [0, 0.1) is 0 Å². The molecule has 0 heterocycles. The fourth-order valence-corrected chi connectivity index (χ4v) is 21.0. The second-order valence-corrected chi connectivity index (χ2v) is 42.6. The number of hydrogen-bond acceptors (Lipinski definition) is 12. The van der Waals surface area contributed by atoms with Crippen LogP contribution in [0.5, 0.6) is 0 Å². The Morgan fingerprint density at radius 1 is 0.163 bits per heavy atom. The summed E-state index contributed by atoms with van der Waals surface area (Å²) >= 11 is 0. The van der Waals surface area contributed by atoms with Crippen LogP contribution in [0.3, 0.4) is 0 Å². The van der Waals surface area contributed by atoms with E-state index in [2.05, 4.69) is 79.7 Å². The first-order valence-electron chi connectivity index (χ1n) is 51.9. The van der Waals surface area contributed by atoms with Crippen LogP contribution in [0.15, 0.2) is 141 Å². The van der Waals surface area contributed by atoms with Crippen molar-refractivity contribution < 1.29 is 51.9 Å². The molecule has 0 aliphatic carbocycles. The van der Waals surface area contributed by atoms with E-state index in [0.717, 1.165) is 124 Å². The van der Waals surface area contributed by atoms with E-state index in [1.165, 1.54) is 377 Å². The minimum atomic E-state index is -4.48. The van der Waals surface area contributed by atoms with Crippen molar-refractivity contribution in [1.82, 2.24) is 0 Å². The summed E-state index contributed by atoms with van der Waals surface area (Å²) in [6, 6.07) is 37.5. The Hall–Kier alpha value is -4.64. The van der Waals surface area contributed by atoms with Crippen LogP contribution in [0.25, 0.3) is 43.1 Å². The monoisotopic (exact) mass is 2050 g/mol. The van der Waals surface area contributed by atoms with Crippen LogP contribution in [-0.2, 0) is 91.8 Å². The Morgan fingerprint density at radius 3 is 0.434 bits per heavy atom. The van der Waals surface area contributed by atoms with Crippen molar-refractivity contribution in [3.05, 3.63) is 166 Å². The minimum absolute atomic E-state index is 0. The summed E-state index contributed by atoms with van der Waals surface area (Å²) < 4.78 is 142. The van der Waals surface area contributed by atoms with Crippen molar-refractivity contribution in [3.63, 3.8) is 0 Å². The molecule has 0 bridgehead atoms. The van der Waals surface area contributed by atoms with Crippen molar-refractivity contribution in [1.29, 1.82) is 0 Å². The summed E-state index contributed by atoms with van der Waals surface area (Å²) in [5.41, 5.74) is 9.65. The Kier molecular flexibility index (Phi) is 62.6. The maximum atomic E-state index is 11.8. The van der Waals surface area contributed by atoms with E-state index < -0.39 is 40.5 Å². The summed E-state index contributed by atoms with van der Waals surface area (Å²) in [4.78, 5) is -0.340. The summed E-state index contributed by atoms with van der Waals surface area (Å²) in [6.45, 7) is 17.9. The summed E-state index contributed by atoms with van der Waals surface area (Å²) in [5, 5.41) is 6.16. The van der Waals surface area contributed by atoms with E-state index in [1.807, 2.05) is 72.8 Å². The van der Waals surface area contributed by atoms with Gasteiger partial charge in [-0.05, 0) is 215 Å². The average molecular weight is 2050 g/mol. The molecule has 0 atom stereocenters. The van der Waals surface area contributed by atoms with E-state index in [9.17, 15) is 51.9 Å². The zero-order chi connectivity index (χ0) is 92.9. The Balaban J connectivity index is 0.000000359. The van der Waals surface area contributed by atoms with Gasteiger partial charge in [0.15, 0.2) is 0 Å². The summed E-state index contributed by atoms with van der Waals surface area (Å²) in [6.07, 6.45) is 78.6. The summed E-state index contributed by atoms with van der Waals surface area (Å²) in [5.74, 6) is 0. The summed E-state index contributed by atoms with van der Waals surface area (Å²) in [7, 11) is -17.9. The number of aryl methyl sites for hydroxylation is 8. The van der Waals surface area contributed by atoms with E-state index in [1.54, 1.807) is 0 Å².